The number of rotatable bonds is 15. The van der Waals surface area contributed by atoms with Gasteiger partial charge in [-0.25, -0.2) is 0 Å². The third kappa shape index (κ3) is 11.4. The average Bonchev–Trinajstić information content (AvgIpc) is 1.55. The second-order valence-electron chi connectivity index (χ2n) is 26.6. The van der Waals surface area contributed by atoms with Gasteiger partial charge in [-0.05, 0) is 195 Å². The zero-order chi connectivity index (χ0) is 64.7. The van der Waals surface area contributed by atoms with E-state index in [1.807, 2.05) is 0 Å². The third-order valence-corrected chi connectivity index (χ3v) is 19.9. The van der Waals surface area contributed by atoms with Crippen molar-refractivity contribution >= 4 is 58.4 Å². The molecule has 0 heterocycles. The highest BCUT2D eigenvalue weighted by atomic mass is 15.1. The van der Waals surface area contributed by atoms with Crippen molar-refractivity contribution in [1.29, 1.82) is 0 Å². The fraction of sp³-hybridized carbons (Fsp3) is 0.0638. The first-order valence-corrected chi connectivity index (χ1v) is 33.4. The summed E-state index contributed by atoms with van der Waals surface area (Å²) >= 11 is 0. The second-order valence-corrected chi connectivity index (χ2v) is 26.6. The molecular formula is C94H72N2. The summed E-state index contributed by atoms with van der Waals surface area (Å²) in [6, 6.07) is 124. The van der Waals surface area contributed by atoms with Crippen molar-refractivity contribution in [3.05, 3.63) is 384 Å². The summed E-state index contributed by atoms with van der Waals surface area (Å²) in [5, 5.41) is 0. The first-order valence-electron chi connectivity index (χ1n) is 33.4. The molecule has 0 spiro atoms. The third-order valence-electron chi connectivity index (χ3n) is 19.9. The summed E-state index contributed by atoms with van der Waals surface area (Å²) in [5.41, 5.74) is 33.6. The van der Waals surface area contributed by atoms with E-state index in [1.165, 1.54) is 111 Å². The van der Waals surface area contributed by atoms with Crippen LogP contribution in [0.2, 0.25) is 0 Å². The molecule has 2 aliphatic carbocycles. The van der Waals surface area contributed by atoms with Gasteiger partial charge < -0.3 is 9.80 Å². The Morgan fingerprint density at radius 1 is 0.188 bits per heavy atom. The molecule has 2 nitrogen and oxygen atoms in total. The summed E-state index contributed by atoms with van der Waals surface area (Å²) in [7, 11) is 0. The number of benzene rings is 14. The van der Waals surface area contributed by atoms with E-state index >= 15 is 0 Å². The zero-order valence-corrected chi connectivity index (χ0v) is 54.5. The van der Waals surface area contributed by atoms with Crippen molar-refractivity contribution in [3.63, 3.8) is 0 Å². The van der Waals surface area contributed by atoms with Crippen LogP contribution in [0.4, 0.5) is 34.1 Å². The minimum Gasteiger partial charge on any atom is -0.310 e. The van der Waals surface area contributed by atoms with Crippen LogP contribution in [0, 0.1) is 0 Å². The van der Waals surface area contributed by atoms with E-state index in [9.17, 15) is 0 Å². The summed E-state index contributed by atoms with van der Waals surface area (Å²) < 4.78 is 0. The van der Waals surface area contributed by atoms with Crippen LogP contribution in [0.25, 0.3) is 102 Å². The molecule has 0 atom stereocenters. The Balaban J connectivity index is 0.597. The maximum Gasteiger partial charge on any atom is 0.0465 e. The number of hydrogen-bond acceptors (Lipinski definition) is 2. The molecule has 0 N–H and O–H groups in total. The lowest BCUT2D eigenvalue weighted by molar-refractivity contribution is 0.660. The van der Waals surface area contributed by atoms with E-state index in [2.05, 4.69) is 402 Å². The normalized spacial score (nSPS) is 13.1. The molecule has 0 aromatic heterocycles. The smallest absolute Gasteiger partial charge is 0.0465 e. The number of fused-ring (bicyclic) bond motifs is 6. The van der Waals surface area contributed by atoms with Gasteiger partial charge in [-0.3, -0.25) is 0 Å². The number of anilines is 6. The van der Waals surface area contributed by atoms with E-state index in [4.69, 9.17) is 0 Å². The lowest BCUT2D eigenvalue weighted by atomic mass is 9.81. The molecule has 14 aromatic carbocycles. The van der Waals surface area contributed by atoms with Gasteiger partial charge in [0.1, 0.15) is 0 Å². The van der Waals surface area contributed by atoms with E-state index in [0.717, 1.165) is 45.3 Å². The second kappa shape index (κ2) is 24.9. The van der Waals surface area contributed by atoms with Crippen LogP contribution >= 0.6 is 0 Å². The lowest BCUT2D eigenvalue weighted by Gasteiger charge is -2.28. The highest BCUT2D eigenvalue weighted by Gasteiger charge is 2.38. The predicted octanol–water partition coefficient (Wildman–Crippen LogP) is 25.9. The van der Waals surface area contributed by atoms with Gasteiger partial charge in [-0.1, -0.05) is 319 Å². The highest BCUT2D eigenvalue weighted by Crippen LogP contribution is 2.53. The van der Waals surface area contributed by atoms with Gasteiger partial charge in [0.2, 0.25) is 0 Å². The minimum atomic E-state index is -0.211. The van der Waals surface area contributed by atoms with E-state index < -0.39 is 0 Å². The molecule has 0 amide bonds. The Hall–Kier alpha value is -11.8. The Morgan fingerprint density at radius 3 is 0.656 bits per heavy atom. The van der Waals surface area contributed by atoms with Gasteiger partial charge in [0.25, 0.3) is 0 Å². The molecule has 16 rings (SSSR count). The molecule has 0 bridgehead atoms. The quantitative estimate of drug-likeness (QED) is 0.0944. The highest BCUT2D eigenvalue weighted by molar-refractivity contribution is 5.90. The van der Waals surface area contributed by atoms with Crippen LogP contribution < -0.4 is 9.80 Å². The van der Waals surface area contributed by atoms with Crippen LogP contribution in [-0.2, 0) is 10.8 Å². The number of nitrogens with zero attached hydrogens (tertiary/aromatic N) is 2. The zero-order valence-electron chi connectivity index (χ0n) is 54.5. The van der Waals surface area contributed by atoms with Crippen molar-refractivity contribution in [2.24, 2.45) is 0 Å². The summed E-state index contributed by atoms with van der Waals surface area (Å²) in [5.74, 6) is 0. The van der Waals surface area contributed by atoms with Crippen molar-refractivity contribution in [2.45, 2.75) is 38.5 Å². The van der Waals surface area contributed by atoms with Crippen molar-refractivity contribution in [3.8, 4) is 77.9 Å². The summed E-state index contributed by atoms with van der Waals surface area (Å²) in [6.45, 7) is 9.50. The van der Waals surface area contributed by atoms with Crippen LogP contribution in [0.1, 0.15) is 72.2 Å². The van der Waals surface area contributed by atoms with Gasteiger partial charge in [-0.15, -0.1) is 0 Å². The molecule has 0 unspecified atom stereocenters. The molecule has 0 saturated heterocycles. The van der Waals surface area contributed by atoms with E-state index in [1.54, 1.807) is 0 Å². The predicted molar refractivity (Wildman–Crippen MR) is 409 cm³/mol. The molecule has 0 fully saturated rings. The topological polar surface area (TPSA) is 6.48 Å². The molecule has 96 heavy (non-hydrogen) atoms. The molecule has 0 saturated carbocycles. The maximum absolute atomic E-state index is 2.42. The monoisotopic (exact) mass is 1230 g/mol. The van der Waals surface area contributed by atoms with Gasteiger partial charge in [0.15, 0.2) is 0 Å². The molecular weight excluding hydrogens is 1160 g/mol. The average molecular weight is 1230 g/mol. The van der Waals surface area contributed by atoms with Crippen LogP contribution in [-0.4, -0.2) is 0 Å². The molecule has 0 radical (unpaired) electrons. The summed E-state index contributed by atoms with van der Waals surface area (Å²) in [6.07, 6.45) is 8.99. The molecule has 14 aromatic rings. The van der Waals surface area contributed by atoms with Crippen LogP contribution in [0.15, 0.2) is 340 Å². The van der Waals surface area contributed by atoms with Crippen LogP contribution in [0.3, 0.4) is 0 Å². The standard InChI is InChI=1S/C94H72N2/c1-93(2)89-61-67(33-57-85(89)87-59-55-83(63-91(87)93)95(79-47-39-75(40-48-79)69-17-9-5-10-18-69)80-49-41-76(42-50-80)70-19-11-6-12-20-70)27-25-65-29-35-73(36-30-65)74-37-31-66(32-38-74)26-28-68-34-58-86-88-60-56-84(64-92(88)94(3,4)90(86)62-68)96(81-51-43-77(44-52-81)71-21-13-7-14-22-71)82-53-45-78(46-54-82)72-23-15-8-16-24-72/h5-64H,1-4H3. The van der Waals surface area contributed by atoms with E-state index in [-0.39, 0.29) is 10.8 Å². The van der Waals surface area contributed by atoms with E-state index in [0.29, 0.717) is 0 Å². The van der Waals surface area contributed by atoms with Gasteiger partial charge in [0.05, 0.1) is 0 Å². The molecule has 0 aliphatic heterocycles. The Labute approximate surface area is 565 Å². The lowest BCUT2D eigenvalue weighted by Crippen LogP contribution is -2.16. The molecule has 458 valence electrons. The fourth-order valence-corrected chi connectivity index (χ4v) is 14.6. The van der Waals surface area contributed by atoms with Crippen molar-refractivity contribution < 1.29 is 0 Å². The Bertz CT molecular complexity index is 4680. The Kier molecular flexibility index (Phi) is 15.4. The van der Waals surface area contributed by atoms with Gasteiger partial charge in [0, 0.05) is 45.0 Å². The first-order chi connectivity index (χ1) is 47.1. The SMILES string of the molecule is CC1(C)c2cc(C=Cc3ccc(-c4ccc(C=Cc5ccc6c(c5)C(C)(C)c5cc(N(c7ccc(-c8ccccc8)cc7)c7ccc(-c8ccccc8)cc7)ccc5-6)cc4)cc3)ccc2-c2ccc(N(c3ccc(-c4ccccc4)cc3)c3ccc(-c4ccccc4)cc3)cc21. The van der Waals surface area contributed by atoms with Gasteiger partial charge in [-0.2, -0.15) is 0 Å². The number of hydrogen-bond donors (Lipinski definition) is 0. The van der Waals surface area contributed by atoms with Crippen molar-refractivity contribution in [1.82, 2.24) is 0 Å². The first kappa shape index (κ1) is 59.2. The van der Waals surface area contributed by atoms with Crippen LogP contribution in [0.5, 0.6) is 0 Å². The molecule has 2 aliphatic rings. The Morgan fingerprint density at radius 2 is 0.385 bits per heavy atom. The van der Waals surface area contributed by atoms with Crippen molar-refractivity contribution in [2.75, 3.05) is 9.80 Å². The summed E-state index contributed by atoms with van der Waals surface area (Å²) in [4.78, 5) is 4.79. The largest absolute Gasteiger partial charge is 0.310 e. The fourth-order valence-electron chi connectivity index (χ4n) is 14.6. The molecule has 2 heteroatoms. The maximum atomic E-state index is 2.42. The minimum absolute atomic E-state index is 0.211. The van der Waals surface area contributed by atoms with Gasteiger partial charge >= 0.3 is 0 Å².